The molecule has 0 saturated heterocycles. The van der Waals surface area contributed by atoms with Crippen molar-refractivity contribution in [1.29, 1.82) is 0 Å². The Bertz CT molecular complexity index is 870. The lowest BCUT2D eigenvalue weighted by atomic mass is 10.0. The minimum absolute atomic E-state index is 0.0754. The summed E-state index contributed by atoms with van der Waals surface area (Å²) in [5.41, 5.74) is 3.25. The molecule has 0 radical (unpaired) electrons. The van der Waals surface area contributed by atoms with Crippen molar-refractivity contribution in [2.24, 2.45) is 0 Å². The van der Waals surface area contributed by atoms with Gasteiger partial charge in [-0.2, -0.15) is 0 Å². The van der Waals surface area contributed by atoms with Gasteiger partial charge in [-0.25, -0.2) is 0 Å². The molecule has 0 fully saturated rings. The Morgan fingerprint density at radius 1 is 1.04 bits per heavy atom. The molecule has 138 valence electrons. The molecule has 0 N–H and O–H groups in total. The molecule has 4 nitrogen and oxygen atoms in total. The molecule has 3 rings (SSSR count). The van der Waals surface area contributed by atoms with Crippen LogP contribution in [0.25, 0.3) is 17.2 Å². The second kappa shape index (κ2) is 9.55. The molecule has 0 bridgehead atoms. The summed E-state index contributed by atoms with van der Waals surface area (Å²) in [7, 11) is 1.63. The standard InChI is InChI=1S/C23H23NO3/c1-26-16-14-24(18-22-11-6-15-27-22)23(25)13-12-19-7-5-10-21(17-19)20-8-3-2-4-9-20/h2-13,15,17H,14,16,18H2,1H3/b13-12+. The van der Waals surface area contributed by atoms with E-state index in [0.29, 0.717) is 19.7 Å². The maximum atomic E-state index is 12.6. The third-order valence-electron chi connectivity index (χ3n) is 4.22. The van der Waals surface area contributed by atoms with E-state index in [1.807, 2.05) is 48.5 Å². The summed E-state index contributed by atoms with van der Waals surface area (Å²) >= 11 is 0. The Labute approximate surface area is 159 Å². The summed E-state index contributed by atoms with van der Waals surface area (Å²) in [5, 5.41) is 0. The summed E-state index contributed by atoms with van der Waals surface area (Å²) in [6.45, 7) is 1.40. The molecule has 3 aromatic rings. The van der Waals surface area contributed by atoms with E-state index in [9.17, 15) is 4.79 Å². The number of ether oxygens (including phenoxy) is 1. The van der Waals surface area contributed by atoms with E-state index in [2.05, 4.69) is 24.3 Å². The van der Waals surface area contributed by atoms with Crippen molar-refractivity contribution in [1.82, 2.24) is 4.90 Å². The van der Waals surface area contributed by atoms with Crippen LogP contribution in [-0.2, 0) is 16.1 Å². The van der Waals surface area contributed by atoms with Crippen LogP contribution in [0.4, 0.5) is 0 Å². The predicted octanol–water partition coefficient (Wildman–Crippen LogP) is 4.64. The molecule has 0 saturated carbocycles. The number of nitrogens with zero attached hydrogens (tertiary/aromatic N) is 1. The van der Waals surface area contributed by atoms with Crippen LogP contribution < -0.4 is 0 Å². The normalized spacial score (nSPS) is 11.0. The monoisotopic (exact) mass is 361 g/mol. The number of carbonyl (C=O) groups excluding carboxylic acids is 1. The first-order valence-corrected chi connectivity index (χ1v) is 8.90. The average molecular weight is 361 g/mol. The van der Waals surface area contributed by atoms with Crippen molar-refractivity contribution < 1.29 is 13.9 Å². The van der Waals surface area contributed by atoms with E-state index in [-0.39, 0.29) is 5.91 Å². The van der Waals surface area contributed by atoms with Gasteiger partial charge in [-0.3, -0.25) is 4.79 Å². The molecular weight excluding hydrogens is 338 g/mol. The second-order valence-corrected chi connectivity index (χ2v) is 6.16. The number of hydrogen-bond acceptors (Lipinski definition) is 3. The van der Waals surface area contributed by atoms with E-state index in [4.69, 9.17) is 9.15 Å². The zero-order chi connectivity index (χ0) is 18.9. The molecular formula is C23H23NO3. The molecule has 1 amide bonds. The third-order valence-corrected chi connectivity index (χ3v) is 4.22. The summed E-state index contributed by atoms with van der Waals surface area (Å²) in [6.07, 6.45) is 5.05. The van der Waals surface area contributed by atoms with Crippen molar-refractivity contribution in [3.63, 3.8) is 0 Å². The lowest BCUT2D eigenvalue weighted by Gasteiger charge is -2.19. The average Bonchev–Trinajstić information content (AvgIpc) is 3.23. The SMILES string of the molecule is COCCN(Cc1ccco1)C(=O)/C=C/c1cccc(-c2ccccc2)c1. The number of benzene rings is 2. The van der Waals surface area contributed by atoms with Gasteiger partial charge < -0.3 is 14.1 Å². The fraction of sp³-hybridized carbons (Fsp3) is 0.174. The van der Waals surface area contributed by atoms with E-state index >= 15 is 0 Å². The highest BCUT2D eigenvalue weighted by atomic mass is 16.5. The number of furan rings is 1. The molecule has 1 aromatic heterocycles. The quantitative estimate of drug-likeness (QED) is 0.549. The topological polar surface area (TPSA) is 42.7 Å². The van der Waals surface area contributed by atoms with Crippen molar-refractivity contribution >= 4 is 12.0 Å². The van der Waals surface area contributed by atoms with Crippen LogP contribution in [0.15, 0.2) is 83.5 Å². The van der Waals surface area contributed by atoms with Gasteiger partial charge in [0.1, 0.15) is 5.76 Å². The van der Waals surface area contributed by atoms with Crippen LogP contribution in [0.5, 0.6) is 0 Å². The minimum atomic E-state index is -0.0754. The van der Waals surface area contributed by atoms with Gasteiger partial charge in [0.2, 0.25) is 5.91 Å². The maximum Gasteiger partial charge on any atom is 0.247 e. The zero-order valence-corrected chi connectivity index (χ0v) is 15.4. The second-order valence-electron chi connectivity index (χ2n) is 6.16. The minimum Gasteiger partial charge on any atom is -0.467 e. The van der Waals surface area contributed by atoms with Crippen molar-refractivity contribution in [2.75, 3.05) is 20.3 Å². The Hall–Kier alpha value is -3.11. The van der Waals surface area contributed by atoms with Gasteiger partial charge in [-0.05, 0) is 41.0 Å². The molecule has 27 heavy (non-hydrogen) atoms. The molecule has 0 spiro atoms. The highest BCUT2D eigenvalue weighted by molar-refractivity contribution is 5.92. The predicted molar refractivity (Wildman–Crippen MR) is 107 cm³/mol. The van der Waals surface area contributed by atoms with Gasteiger partial charge >= 0.3 is 0 Å². The Balaban J connectivity index is 1.72. The molecule has 0 aliphatic carbocycles. The molecule has 2 aromatic carbocycles. The van der Waals surface area contributed by atoms with Crippen molar-refractivity contribution in [2.45, 2.75) is 6.54 Å². The van der Waals surface area contributed by atoms with Crippen LogP contribution >= 0.6 is 0 Å². The molecule has 0 atom stereocenters. The first-order chi connectivity index (χ1) is 13.3. The van der Waals surface area contributed by atoms with Gasteiger partial charge in [0.15, 0.2) is 0 Å². The Morgan fingerprint density at radius 2 is 1.85 bits per heavy atom. The summed E-state index contributed by atoms with van der Waals surface area (Å²) in [4.78, 5) is 14.4. The highest BCUT2D eigenvalue weighted by Gasteiger charge is 2.12. The van der Waals surface area contributed by atoms with Gasteiger partial charge in [-0.15, -0.1) is 0 Å². The first-order valence-electron chi connectivity index (χ1n) is 8.90. The first kappa shape index (κ1) is 18.7. The van der Waals surface area contributed by atoms with Crippen molar-refractivity contribution in [3.05, 3.63) is 90.4 Å². The summed E-state index contributed by atoms with van der Waals surface area (Å²) < 4.78 is 10.5. The number of methoxy groups -OCH3 is 1. The maximum absolute atomic E-state index is 12.6. The Morgan fingerprint density at radius 3 is 2.59 bits per heavy atom. The van der Waals surface area contributed by atoms with Gasteiger partial charge in [0.25, 0.3) is 0 Å². The zero-order valence-electron chi connectivity index (χ0n) is 15.4. The molecule has 0 aliphatic heterocycles. The lowest BCUT2D eigenvalue weighted by Crippen LogP contribution is -2.31. The summed E-state index contributed by atoms with van der Waals surface area (Å²) in [6, 6.07) is 22.0. The fourth-order valence-electron chi connectivity index (χ4n) is 2.78. The number of hydrogen-bond donors (Lipinski definition) is 0. The van der Waals surface area contributed by atoms with Crippen LogP contribution in [0.3, 0.4) is 0 Å². The number of amides is 1. The number of carbonyl (C=O) groups is 1. The van der Waals surface area contributed by atoms with Crippen LogP contribution in [0, 0.1) is 0 Å². The van der Waals surface area contributed by atoms with Gasteiger partial charge in [-0.1, -0.05) is 48.5 Å². The molecule has 4 heteroatoms. The van der Waals surface area contributed by atoms with Crippen LogP contribution in [-0.4, -0.2) is 31.1 Å². The van der Waals surface area contributed by atoms with Crippen LogP contribution in [0.2, 0.25) is 0 Å². The third kappa shape index (κ3) is 5.43. The number of rotatable bonds is 8. The van der Waals surface area contributed by atoms with Gasteiger partial charge in [0, 0.05) is 19.7 Å². The largest absolute Gasteiger partial charge is 0.467 e. The van der Waals surface area contributed by atoms with Gasteiger partial charge in [0.05, 0.1) is 19.4 Å². The van der Waals surface area contributed by atoms with Crippen LogP contribution in [0.1, 0.15) is 11.3 Å². The summed E-state index contributed by atoms with van der Waals surface area (Å²) in [5.74, 6) is 0.674. The molecule has 0 unspecified atom stereocenters. The molecule has 0 aliphatic rings. The van der Waals surface area contributed by atoms with E-state index < -0.39 is 0 Å². The lowest BCUT2D eigenvalue weighted by molar-refractivity contribution is -0.127. The van der Waals surface area contributed by atoms with E-state index in [1.54, 1.807) is 24.3 Å². The fourth-order valence-corrected chi connectivity index (χ4v) is 2.78. The van der Waals surface area contributed by atoms with Crippen molar-refractivity contribution in [3.8, 4) is 11.1 Å². The van der Waals surface area contributed by atoms with E-state index in [1.165, 1.54) is 0 Å². The van der Waals surface area contributed by atoms with E-state index in [0.717, 1.165) is 22.5 Å². The smallest absolute Gasteiger partial charge is 0.247 e. The Kier molecular flexibility index (Phi) is 6.61. The molecule has 1 heterocycles. The highest BCUT2D eigenvalue weighted by Crippen LogP contribution is 2.20.